The van der Waals surface area contributed by atoms with Crippen LogP contribution in [0.15, 0.2) is 48.5 Å². The number of amides is 4. The third-order valence-electron chi connectivity index (χ3n) is 5.53. The van der Waals surface area contributed by atoms with Crippen molar-refractivity contribution in [3.8, 4) is 0 Å². The lowest BCUT2D eigenvalue weighted by Crippen LogP contribution is -2.38. The van der Waals surface area contributed by atoms with Gasteiger partial charge in [-0.3, -0.25) is 4.90 Å². The zero-order valence-corrected chi connectivity index (χ0v) is 16.5. The van der Waals surface area contributed by atoms with Gasteiger partial charge in [0.1, 0.15) is 6.54 Å². The number of rotatable bonds is 4. The highest BCUT2D eigenvalue weighted by Crippen LogP contribution is 2.41. The van der Waals surface area contributed by atoms with E-state index in [1.807, 2.05) is 55.3 Å². The molecule has 28 heavy (non-hydrogen) atoms. The number of para-hydroxylation sites is 1. The molecule has 4 rings (SSSR count). The van der Waals surface area contributed by atoms with Gasteiger partial charge in [-0.1, -0.05) is 43.3 Å². The number of nitrogens with one attached hydrogen (secondary N) is 1. The van der Waals surface area contributed by atoms with Crippen LogP contribution in [0.5, 0.6) is 0 Å². The van der Waals surface area contributed by atoms with Crippen LogP contribution >= 0.6 is 0 Å². The molecule has 0 radical (unpaired) electrons. The first-order valence-corrected chi connectivity index (χ1v) is 9.64. The van der Waals surface area contributed by atoms with Gasteiger partial charge >= 0.3 is 12.1 Å². The van der Waals surface area contributed by atoms with Crippen LogP contribution in [0.1, 0.15) is 36.1 Å². The summed E-state index contributed by atoms with van der Waals surface area (Å²) in [6.07, 6.45) is 0.879. The molecule has 0 spiro atoms. The van der Waals surface area contributed by atoms with Crippen molar-refractivity contribution in [2.45, 2.75) is 25.9 Å². The summed E-state index contributed by atoms with van der Waals surface area (Å²) in [4.78, 5) is 29.0. The number of carbonyl (C=O) groups excluding carboxylic acids is 2. The minimum absolute atomic E-state index is 0.0101. The Morgan fingerprint density at radius 2 is 1.93 bits per heavy atom. The van der Waals surface area contributed by atoms with Crippen LogP contribution in [-0.4, -0.2) is 47.9 Å². The molecule has 1 N–H and O–H groups in total. The lowest BCUT2D eigenvalue weighted by molar-refractivity contribution is -0.392. The molecule has 6 nitrogen and oxygen atoms in total. The molecule has 1 atom stereocenters. The van der Waals surface area contributed by atoms with Crippen molar-refractivity contribution in [3.05, 3.63) is 65.2 Å². The summed E-state index contributed by atoms with van der Waals surface area (Å²) in [5, 5.41) is 2.92. The number of carbonyl (C=O) groups is 2. The summed E-state index contributed by atoms with van der Waals surface area (Å²) in [5.74, 6) is 0. The summed E-state index contributed by atoms with van der Waals surface area (Å²) < 4.78 is 1.72. The molecule has 0 fully saturated rings. The third kappa shape index (κ3) is 2.76. The summed E-state index contributed by atoms with van der Waals surface area (Å²) in [6, 6.07) is 15.7. The zero-order chi connectivity index (χ0) is 19.8. The third-order valence-corrected chi connectivity index (χ3v) is 5.53. The smallest absolute Gasteiger partial charge is 0.338 e. The van der Waals surface area contributed by atoms with Gasteiger partial charge in [0, 0.05) is 30.3 Å². The van der Waals surface area contributed by atoms with Gasteiger partial charge in [0.15, 0.2) is 11.8 Å². The Hall–Kier alpha value is -3.15. The Morgan fingerprint density at radius 1 is 1.21 bits per heavy atom. The van der Waals surface area contributed by atoms with Crippen molar-refractivity contribution < 1.29 is 14.2 Å². The second-order valence-electron chi connectivity index (χ2n) is 7.26. The van der Waals surface area contributed by atoms with Crippen molar-refractivity contribution >= 4 is 23.5 Å². The van der Waals surface area contributed by atoms with Crippen molar-refractivity contribution in [3.63, 3.8) is 0 Å². The second kappa shape index (κ2) is 7.11. The maximum Gasteiger partial charge on any atom is 0.494 e. The van der Waals surface area contributed by atoms with Crippen LogP contribution in [0.2, 0.25) is 0 Å². The quantitative estimate of drug-likeness (QED) is 0.831. The van der Waals surface area contributed by atoms with Gasteiger partial charge in [-0.05, 0) is 18.6 Å². The number of benzene rings is 2. The summed E-state index contributed by atoms with van der Waals surface area (Å²) in [7, 11) is 3.58. The highest BCUT2D eigenvalue weighted by atomic mass is 16.2. The number of nitrogens with zero attached hydrogens (tertiary/aromatic N) is 3. The van der Waals surface area contributed by atoms with E-state index in [1.54, 1.807) is 16.5 Å². The SMILES string of the molecule is CCCNC(=O)N(C)c1ccccc1C1=[N+](C)C(=O)N2Cc3ccccc3C12. The maximum atomic E-state index is 12.9. The fourth-order valence-corrected chi connectivity index (χ4v) is 4.11. The first-order valence-electron chi connectivity index (χ1n) is 9.64. The second-order valence-corrected chi connectivity index (χ2v) is 7.26. The Balaban J connectivity index is 1.79. The normalized spacial score (nSPS) is 17.6. The molecule has 2 aromatic rings. The van der Waals surface area contributed by atoms with Gasteiger partial charge in [0.25, 0.3) is 0 Å². The van der Waals surface area contributed by atoms with Gasteiger partial charge in [0.05, 0.1) is 12.7 Å². The van der Waals surface area contributed by atoms with Gasteiger partial charge in [-0.2, -0.15) is 9.37 Å². The van der Waals surface area contributed by atoms with Crippen LogP contribution in [0.25, 0.3) is 0 Å². The van der Waals surface area contributed by atoms with E-state index in [0.717, 1.165) is 28.9 Å². The van der Waals surface area contributed by atoms with Gasteiger partial charge in [0.2, 0.25) is 0 Å². The summed E-state index contributed by atoms with van der Waals surface area (Å²) >= 11 is 0. The highest BCUT2D eigenvalue weighted by molar-refractivity contribution is 6.12. The van der Waals surface area contributed by atoms with Crippen LogP contribution in [0, 0.1) is 0 Å². The summed E-state index contributed by atoms with van der Waals surface area (Å²) in [5.41, 5.74) is 4.94. The average Bonchev–Trinajstić information content (AvgIpc) is 3.21. The Bertz CT molecular complexity index is 982. The molecule has 0 aromatic heterocycles. The molecule has 0 saturated carbocycles. The van der Waals surface area contributed by atoms with Crippen LogP contribution in [0.4, 0.5) is 15.3 Å². The van der Waals surface area contributed by atoms with Gasteiger partial charge < -0.3 is 5.32 Å². The first-order chi connectivity index (χ1) is 13.5. The van der Waals surface area contributed by atoms with Crippen molar-refractivity contribution in [2.75, 3.05) is 25.5 Å². The lowest BCUT2D eigenvalue weighted by Gasteiger charge is -2.22. The van der Waals surface area contributed by atoms with E-state index in [4.69, 9.17) is 0 Å². The fourth-order valence-electron chi connectivity index (χ4n) is 4.11. The van der Waals surface area contributed by atoms with E-state index < -0.39 is 0 Å². The Morgan fingerprint density at radius 3 is 2.71 bits per heavy atom. The molecule has 0 bridgehead atoms. The number of fused-ring (bicyclic) bond motifs is 3. The minimum Gasteiger partial charge on any atom is -0.338 e. The van der Waals surface area contributed by atoms with Crippen LogP contribution in [-0.2, 0) is 6.54 Å². The number of urea groups is 2. The predicted molar refractivity (Wildman–Crippen MR) is 109 cm³/mol. The molecular formula is C22H25N4O2+. The Labute approximate surface area is 165 Å². The Kier molecular flexibility index (Phi) is 4.63. The molecule has 2 aliphatic rings. The van der Waals surface area contributed by atoms with Crippen LogP contribution in [0.3, 0.4) is 0 Å². The molecule has 144 valence electrons. The molecule has 2 aliphatic heterocycles. The number of hydrogen-bond acceptors (Lipinski definition) is 2. The van der Waals surface area contributed by atoms with Crippen molar-refractivity contribution in [2.24, 2.45) is 0 Å². The molecule has 0 aliphatic carbocycles. The molecule has 0 saturated heterocycles. The fraction of sp³-hybridized carbons (Fsp3) is 0.318. The lowest BCUT2D eigenvalue weighted by atomic mass is 9.95. The van der Waals surface area contributed by atoms with Crippen molar-refractivity contribution in [1.29, 1.82) is 0 Å². The monoisotopic (exact) mass is 377 g/mol. The molecule has 1 unspecified atom stereocenters. The van der Waals surface area contributed by atoms with Gasteiger partial charge in [-0.15, -0.1) is 0 Å². The molecule has 2 heterocycles. The topological polar surface area (TPSA) is 55.7 Å². The first kappa shape index (κ1) is 18.2. The average molecular weight is 377 g/mol. The molecule has 4 amide bonds. The maximum absolute atomic E-state index is 12.9. The number of anilines is 1. The molecule has 2 aromatic carbocycles. The van der Waals surface area contributed by atoms with E-state index in [9.17, 15) is 9.59 Å². The van der Waals surface area contributed by atoms with Crippen molar-refractivity contribution in [1.82, 2.24) is 10.2 Å². The van der Waals surface area contributed by atoms with E-state index in [-0.39, 0.29) is 18.1 Å². The van der Waals surface area contributed by atoms with Crippen LogP contribution < -0.4 is 10.2 Å². The van der Waals surface area contributed by atoms with E-state index in [1.165, 1.54) is 5.56 Å². The standard InChI is InChI=1S/C22H24N4O2/c1-4-13-23-21(27)24(2)18-12-8-7-11-17(18)19-20-16-10-6-5-9-15(16)14-26(20)22(28)25(19)3/h5-12,20H,4,13-14H2,1-3H3/p+1. The molecular weight excluding hydrogens is 352 g/mol. The minimum atomic E-state index is -0.148. The number of hydrogen-bond donors (Lipinski definition) is 1. The van der Waals surface area contributed by atoms with Gasteiger partial charge in [-0.25, -0.2) is 9.69 Å². The predicted octanol–water partition coefficient (Wildman–Crippen LogP) is 3.36. The summed E-state index contributed by atoms with van der Waals surface area (Å²) in [6.45, 7) is 3.27. The largest absolute Gasteiger partial charge is 0.494 e. The van der Waals surface area contributed by atoms with E-state index >= 15 is 0 Å². The van der Waals surface area contributed by atoms with E-state index in [0.29, 0.717) is 13.1 Å². The zero-order valence-electron chi connectivity index (χ0n) is 16.5. The van der Waals surface area contributed by atoms with E-state index in [2.05, 4.69) is 17.4 Å². The highest BCUT2D eigenvalue weighted by Gasteiger charge is 2.52. The molecule has 6 heteroatoms.